The van der Waals surface area contributed by atoms with Crippen LogP contribution in [0.25, 0.3) is 0 Å². The van der Waals surface area contributed by atoms with Gasteiger partial charge in [-0.25, -0.2) is 0 Å². The Morgan fingerprint density at radius 2 is 1.77 bits per heavy atom. The van der Waals surface area contributed by atoms with Gasteiger partial charge in [0.05, 0.1) is 11.1 Å². The number of amides is 4. The molecule has 3 fully saturated rings. The van der Waals surface area contributed by atoms with E-state index in [0.717, 1.165) is 23.6 Å². The van der Waals surface area contributed by atoms with Crippen LogP contribution in [0.1, 0.15) is 64.8 Å². The van der Waals surface area contributed by atoms with E-state index in [1.807, 2.05) is 6.07 Å². The second-order valence-electron chi connectivity index (χ2n) is 9.06. The third-order valence-electron chi connectivity index (χ3n) is 7.12. The Morgan fingerprint density at radius 3 is 2.50 bits per heavy atom. The molecule has 4 aliphatic rings. The highest BCUT2D eigenvalue weighted by Crippen LogP contribution is 2.47. The molecule has 158 valence electrons. The lowest BCUT2D eigenvalue weighted by Gasteiger charge is -2.50. The Morgan fingerprint density at radius 1 is 1.03 bits per heavy atom. The number of fused-ring (bicyclic) bond motifs is 1. The molecule has 3 heterocycles. The van der Waals surface area contributed by atoms with E-state index in [1.54, 1.807) is 12.1 Å². The number of rotatable bonds is 4. The number of hydrogen-bond donors (Lipinski definition) is 3. The molecule has 1 atom stereocenters. The molecule has 1 unspecified atom stereocenters. The van der Waals surface area contributed by atoms with Crippen LogP contribution in [0.4, 0.5) is 0 Å². The van der Waals surface area contributed by atoms with Gasteiger partial charge in [0.2, 0.25) is 11.8 Å². The van der Waals surface area contributed by atoms with Crippen molar-refractivity contribution in [1.82, 2.24) is 20.9 Å². The summed E-state index contributed by atoms with van der Waals surface area (Å²) in [4.78, 5) is 50.2. The molecule has 1 aromatic rings. The van der Waals surface area contributed by atoms with Crippen molar-refractivity contribution in [2.24, 2.45) is 5.41 Å². The lowest BCUT2D eigenvalue weighted by molar-refractivity contribution is -0.136. The second kappa shape index (κ2) is 7.28. The Bertz CT molecular complexity index is 929. The van der Waals surface area contributed by atoms with E-state index >= 15 is 0 Å². The van der Waals surface area contributed by atoms with Gasteiger partial charge in [-0.3, -0.25) is 29.4 Å². The summed E-state index contributed by atoms with van der Waals surface area (Å²) in [6.07, 6.45) is 5.18. The normalized spacial score (nSPS) is 26.0. The monoisotopic (exact) mass is 410 g/mol. The van der Waals surface area contributed by atoms with Crippen molar-refractivity contribution < 1.29 is 19.2 Å². The largest absolute Gasteiger partial charge is 0.317 e. The van der Waals surface area contributed by atoms with Crippen molar-refractivity contribution in [2.45, 2.75) is 57.2 Å². The van der Waals surface area contributed by atoms with Gasteiger partial charge in [-0.2, -0.15) is 0 Å². The van der Waals surface area contributed by atoms with Crippen LogP contribution in [-0.4, -0.2) is 53.7 Å². The molecule has 3 N–H and O–H groups in total. The molecule has 0 radical (unpaired) electrons. The highest BCUT2D eigenvalue weighted by molar-refractivity contribution is 6.23. The maximum atomic E-state index is 12.9. The molecule has 30 heavy (non-hydrogen) atoms. The van der Waals surface area contributed by atoms with E-state index in [1.165, 1.54) is 25.7 Å². The maximum Gasteiger partial charge on any atom is 0.262 e. The van der Waals surface area contributed by atoms with Crippen LogP contribution in [0.5, 0.6) is 0 Å². The van der Waals surface area contributed by atoms with E-state index in [-0.39, 0.29) is 18.7 Å². The first-order chi connectivity index (χ1) is 14.5. The van der Waals surface area contributed by atoms with E-state index < -0.39 is 23.8 Å². The minimum absolute atomic E-state index is 0.123. The van der Waals surface area contributed by atoms with Crippen LogP contribution in [0.2, 0.25) is 0 Å². The van der Waals surface area contributed by atoms with Gasteiger partial charge >= 0.3 is 0 Å². The van der Waals surface area contributed by atoms with Gasteiger partial charge in [0.25, 0.3) is 11.8 Å². The summed E-state index contributed by atoms with van der Waals surface area (Å²) in [7, 11) is 0. The molecule has 8 nitrogen and oxygen atoms in total. The molecular weight excluding hydrogens is 384 g/mol. The quantitative estimate of drug-likeness (QED) is 0.631. The van der Waals surface area contributed by atoms with Crippen molar-refractivity contribution >= 4 is 23.6 Å². The van der Waals surface area contributed by atoms with Crippen molar-refractivity contribution in [2.75, 3.05) is 13.1 Å². The number of piperidine rings is 2. The van der Waals surface area contributed by atoms with Gasteiger partial charge < -0.3 is 10.6 Å². The van der Waals surface area contributed by atoms with E-state index in [2.05, 4.69) is 16.0 Å². The average molecular weight is 410 g/mol. The molecule has 1 aliphatic carbocycles. The van der Waals surface area contributed by atoms with Crippen LogP contribution in [0.15, 0.2) is 18.2 Å². The lowest BCUT2D eigenvalue weighted by Crippen LogP contribution is -2.54. The van der Waals surface area contributed by atoms with E-state index in [9.17, 15) is 19.2 Å². The van der Waals surface area contributed by atoms with Gasteiger partial charge in [-0.05, 0) is 68.3 Å². The minimum Gasteiger partial charge on any atom is -0.317 e. The SMILES string of the molecule is O=C1CCC(N2C(=O)c3ccc(CNC4CC5(CCNCC5)C4)cc3C2=O)C(=O)N1. The fourth-order valence-electron chi connectivity index (χ4n) is 5.39. The van der Waals surface area contributed by atoms with Crippen LogP contribution in [0.3, 0.4) is 0 Å². The second-order valence-corrected chi connectivity index (χ2v) is 9.06. The minimum atomic E-state index is -0.923. The summed E-state index contributed by atoms with van der Waals surface area (Å²) in [6.45, 7) is 2.86. The summed E-state index contributed by atoms with van der Waals surface area (Å²) in [5.74, 6) is -1.87. The number of nitrogens with one attached hydrogen (secondary N) is 3. The molecule has 8 heteroatoms. The first-order valence-corrected chi connectivity index (χ1v) is 10.7. The van der Waals surface area contributed by atoms with Crippen LogP contribution in [-0.2, 0) is 16.1 Å². The maximum absolute atomic E-state index is 12.9. The van der Waals surface area contributed by atoms with E-state index in [4.69, 9.17) is 0 Å². The predicted molar refractivity (Wildman–Crippen MR) is 108 cm³/mol. The molecule has 1 saturated carbocycles. The topological polar surface area (TPSA) is 108 Å². The standard InChI is InChI=1S/C22H26N4O4/c27-18-4-3-17(19(28)25-18)26-20(29)15-2-1-13(9-16(15)21(26)30)12-24-14-10-22(11-14)5-7-23-8-6-22/h1-2,9,14,17,23-24H,3-8,10-12H2,(H,25,27,28). The number of carbonyl (C=O) groups is 4. The Kier molecular flexibility index (Phi) is 4.71. The molecular formula is C22H26N4O4. The summed E-state index contributed by atoms with van der Waals surface area (Å²) in [5, 5.41) is 9.22. The Labute approximate surface area is 174 Å². The van der Waals surface area contributed by atoms with E-state index in [0.29, 0.717) is 29.1 Å². The highest BCUT2D eigenvalue weighted by atomic mass is 16.2. The van der Waals surface area contributed by atoms with Crippen molar-refractivity contribution in [3.05, 3.63) is 34.9 Å². The fourth-order valence-corrected chi connectivity index (χ4v) is 5.39. The molecule has 1 spiro atoms. The third kappa shape index (κ3) is 3.24. The summed E-state index contributed by atoms with van der Waals surface area (Å²) >= 11 is 0. The summed E-state index contributed by atoms with van der Waals surface area (Å²) in [5.41, 5.74) is 2.12. The molecule has 0 aromatic heterocycles. The van der Waals surface area contributed by atoms with Crippen LogP contribution >= 0.6 is 0 Å². The predicted octanol–water partition coefficient (Wildman–Crippen LogP) is 0.710. The molecule has 1 aromatic carbocycles. The molecule has 0 bridgehead atoms. The summed E-state index contributed by atoms with van der Waals surface area (Å²) in [6, 6.07) is 4.87. The third-order valence-corrected chi connectivity index (χ3v) is 7.12. The fraction of sp³-hybridized carbons (Fsp3) is 0.545. The van der Waals surface area contributed by atoms with Gasteiger partial charge in [0.15, 0.2) is 0 Å². The zero-order valence-corrected chi connectivity index (χ0v) is 16.8. The first-order valence-electron chi connectivity index (χ1n) is 10.7. The highest BCUT2D eigenvalue weighted by Gasteiger charge is 2.45. The smallest absolute Gasteiger partial charge is 0.262 e. The lowest BCUT2D eigenvalue weighted by atomic mass is 9.60. The number of nitrogens with zero attached hydrogens (tertiary/aromatic N) is 1. The number of carbonyl (C=O) groups excluding carboxylic acids is 4. The number of imide groups is 2. The van der Waals surface area contributed by atoms with Crippen molar-refractivity contribution in [1.29, 1.82) is 0 Å². The van der Waals surface area contributed by atoms with Gasteiger partial charge in [0.1, 0.15) is 6.04 Å². The van der Waals surface area contributed by atoms with Crippen LogP contribution in [0, 0.1) is 5.41 Å². The Balaban J connectivity index is 1.24. The zero-order valence-electron chi connectivity index (χ0n) is 16.8. The first kappa shape index (κ1) is 19.4. The van der Waals surface area contributed by atoms with Gasteiger partial charge in [-0.1, -0.05) is 6.07 Å². The van der Waals surface area contributed by atoms with Crippen LogP contribution < -0.4 is 16.0 Å². The molecule has 3 aliphatic heterocycles. The summed E-state index contributed by atoms with van der Waals surface area (Å²) < 4.78 is 0. The van der Waals surface area contributed by atoms with Gasteiger partial charge in [-0.15, -0.1) is 0 Å². The van der Waals surface area contributed by atoms with Crippen molar-refractivity contribution in [3.63, 3.8) is 0 Å². The molecule has 5 rings (SSSR count). The average Bonchev–Trinajstić information content (AvgIpc) is 2.96. The Hall–Kier alpha value is -2.58. The number of hydrogen-bond acceptors (Lipinski definition) is 6. The molecule has 2 saturated heterocycles. The number of benzene rings is 1. The zero-order chi connectivity index (χ0) is 20.9. The van der Waals surface area contributed by atoms with Crippen molar-refractivity contribution in [3.8, 4) is 0 Å². The van der Waals surface area contributed by atoms with Gasteiger partial charge in [0, 0.05) is 19.0 Å². The molecule has 4 amide bonds.